The molecule has 0 saturated heterocycles. The summed E-state index contributed by atoms with van der Waals surface area (Å²) in [6.45, 7) is 2.24. The van der Waals surface area contributed by atoms with Gasteiger partial charge in [-0.25, -0.2) is 4.39 Å². The van der Waals surface area contributed by atoms with E-state index in [-0.39, 0.29) is 23.1 Å². The largest absolute Gasteiger partial charge is 0.350 e. The minimum absolute atomic E-state index is 0.211. The molecule has 6 heteroatoms. The standard InChI is InChI=1S/C19H16BrFN2O2/c1-2-10-23-18(24)16(12-6-8-14(21)9-7-12)17(19(23)25)22-15-5-3-4-13(20)11-15/h3-9,11,22H,2,10H2,1H3. The van der Waals surface area contributed by atoms with Crippen molar-refractivity contribution >= 4 is 39.0 Å². The molecular weight excluding hydrogens is 387 g/mol. The molecule has 2 amide bonds. The van der Waals surface area contributed by atoms with Gasteiger partial charge in [-0.2, -0.15) is 0 Å². The molecule has 1 aliphatic rings. The number of rotatable bonds is 5. The van der Waals surface area contributed by atoms with Gasteiger partial charge in [0.25, 0.3) is 11.8 Å². The molecule has 0 radical (unpaired) electrons. The molecule has 2 aromatic carbocycles. The first kappa shape index (κ1) is 17.4. The Balaban J connectivity index is 2.07. The van der Waals surface area contributed by atoms with Crippen LogP contribution in [0.15, 0.2) is 58.7 Å². The van der Waals surface area contributed by atoms with Gasteiger partial charge in [0.2, 0.25) is 0 Å². The summed E-state index contributed by atoms with van der Waals surface area (Å²) in [7, 11) is 0. The lowest BCUT2D eigenvalue weighted by atomic mass is 10.0. The highest BCUT2D eigenvalue weighted by atomic mass is 79.9. The first-order valence-corrected chi connectivity index (χ1v) is 8.69. The monoisotopic (exact) mass is 402 g/mol. The van der Waals surface area contributed by atoms with Crippen LogP contribution in [0, 0.1) is 5.82 Å². The molecule has 0 bridgehead atoms. The van der Waals surface area contributed by atoms with Gasteiger partial charge in [0.1, 0.15) is 11.5 Å². The molecule has 0 spiro atoms. The predicted octanol–water partition coefficient (Wildman–Crippen LogP) is 4.19. The molecule has 0 atom stereocenters. The van der Waals surface area contributed by atoms with E-state index in [1.807, 2.05) is 25.1 Å². The van der Waals surface area contributed by atoms with Crippen LogP contribution in [0.25, 0.3) is 5.57 Å². The Hall–Kier alpha value is -2.47. The number of halogens is 2. The van der Waals surface area contributed by atoms with Crippen molar-refractivity contribution in [3.63, 3.8) is 0 Å². The molecule has 3 rings (SSSR count). The second-order valence-electron chi connectivity index (χ2n) is 5.65. The van der Waals surface area contributed by atoms with Gasteiger partial charge in [-0.15, -0.1) is 0 Å². The average molecular weight is 403 g/mol. The molecule has 128 valence electrons. The van der Waals surface area contributed by atoms with E-state index >= 15 is 0 Å². The van der Waals surface area contributed by atoms with Crippen LogP contribution in [-0.2, 0) is 9.59 Å². The third kappa shape index (κ3) is 3.49. The van der Waals surface area contributed by atoms with Crippen molar-refractivity contribution in [1.82, 2.24) is 4.90 Å². The zero-order chi connectivity index (χ0) is 18.0. The van der Waals surface area contributed by atoms with Crippen LogP contribution >= 0.6 is 15.9 Å². The first-order valence-electron chi connectivity index (χ1n) is 7.90. The van der Waals surface area contributed by atoms with E-state index in [2.05, 4.69) is 21.2 Å². The third-order valence-corrected chi connectivity index (χ3v) is 4.34. The van der Waals surface area contributed by atoms with Gasteiger partial charge in [0.15, 0.2) is 0 Å². The number of carbonyl (C=O) groups is 2. The van der Waals surface area contributed by atoms with Gasteiger partial charge in [-0.3, -0.25) is 14.5 Å². The van der Waals surface area contributed by atoms with Crippen molar-refractivity contribution in [2.24, 2.45) is 0 Å². The van der Waals surface area contributed by atoms with Crippen LogP contribution in [0.3, 0.4) is 0 Å². The number of imide groups is 1. The van der Waals surface area contributed by atoms with Crippen molar-refractivity contribution in [1.29, 1.82) is 0 Å². The SMILES string of the molecule is CCCN1C(=O)C(Nc2cccc(Br)c2)=C(c2ccc(F)cc2)C1=O. The highest BCUT2D eigenvalue weighted by molar-refractivity contribution is 9.10. The lowest BCUT2D eigenvalue weighted by Gasteiger charge is -2.13. The van der Waals surface area contributed by atoms with Gasteiger partial charge in [0, 0.05) is 16.7 Å². The Kier molecular flexibility index (Phi) is 4.99. The first-order chi connectivity index (χ1) is 12.0. The van der Waals surface area contributed by atoms with Crippen LogP contribution < -0.4 is 5.32 Å². The van der Waals surface area contributed by atoms with Crippen molar-refractivity contribution < 1.29 is 14.0 Å². The Bertz CT molecular complexity index is 862. The van der Waals surface area contributed by atoms with E-state index in [1.54, 1.807) is 6.07 Å². The van der Waals surface area contributed by atoms with Gasteiger partial charge in [0.05, 0.1) is 5.57 Å². The number of anilines is 1. The number of amides is 2. The molecular formula is C19H16BrFN2O2. The number of carbonyl (C=O) groups excluding carboxylic acids is 2. The molecule has 4 nitrogen and oxygen atoms in total. The molecule has 0 aromatic heterocycles. The highest BCUT2D eigenvalue weighted by Gasteiger charge is 2.38. The third-order valence-electron chi connectivity index (χ3n) is 3.84. The Morgan fingerprint density at radius 3 is 2.44 bits per heavy atom. The zero-order valence-electron chi connectivity index (χ0n) is 13.6. The summed E-state index contributed by atoms with van der Waals surface area (Å²) in [5.74, 6) is -1.13. The number of nitrogens with one attached hydrogen (secondary N) is 1. The summed E-state index contributed by atoms with van der Waals surface area (Å²) < 4.78 is 14.1. The van der Waals surface area contributed by atoms with Gasteiger partial charge >= 0.3 is 0 Å². The van der Waals surface area contributed by atoms with Crippen molar-refractivity contribution in [3.8, 4) is 0 Å². The van der Waals surface area contributed by atoms with Crippen LogP contribution in [0.2, 0.25) is 0 Å². The smallest absolute Gasteiger partial charge is 0.278 e. The van der Waals surface area contributed by atoms with Crippen molar-refractivity contribution in [2.45, 2.75) is 13.3 Å². The second kappa shape index (κ2) is 7.19. The van der Waals surface area contributed by atoms with E-state index in [0.717, 1.165) is 4.47 Å². The molecule has 2 aromatic rings. The zero-order valence-corrected chi connectivity index (χ0v) is 15.1. The summed E-state index contributed by atoms with van der Waals surface area (Å²) in [5.41, 5.74) is 1.67. The number of hydrogen-bond acceptors (Lipinski definition) is 3. The van der Waals surface area contributed by atoms with Crippen LogP contribution in [0.4, 0.5) is 10.1 Å². The Morgan fingerprint density at radius 1 is 1.08 bits per heavy atom. The molecule has 0 saturated carbocycles. The minimum atomic E-state index is -0.395. The van der Waals surface area contributed by atoms with E-state index < -0.39 is 5.82 Å². The van der Waals surface area contributed by atoms with E-state index in [0.29, 0.717) is 24.2 Å². The van der Waals surface area contributed by atoms with Gasteiger partial charge in [-0.1, -0.05) is 41.1 Å². The second-order valence-corrected chi connectivity index (χ2v) is 6.57. The van der Waals surface area contributed by atoms with Crippen LogP contribution in [0.5, 0.6) is 0 Å². The summed E-state index contributed by atoms with van der Waals surface area (Å²) >= 11 is 3.38. The molecule has 0 aliphatic carbocycles. The maximum absolute atomic E-state index is 13.2. The maximum Gasteiger partial charge on any atom is 0.278 e. The number of benzene rings is 2. The minimum Gasteiger partial charge on any atom is -0.350 e. The van der Waals surface area contributed by atoms with Gasteiger partial charge in [-0.05, 0) is 42.3 Å². The summed E-state index contributed by atoms with van der Waals surface area (Å²) in [4.78, 5) is 26.7. The quantitative estimate of drug-likeness (QED) is 0.762. The Labute approximate surface area is 153 Å². The lowest BCUT2D eigenvalue weighted by Crippen LogP contribution is -2.33. The van der Waals surface area contributed by atoms with Gasteiger partial charge < -0.3 is 5.32 Å². The lowest BCUT2D eigenvalue weighted by molar-refractivity contribution is -0.136. The fraction of sp³-hybridized carbons (Fsp3) is 0.158. The molecule has 25 heavy (non-hydrogen) atoms. The topological polar surface area (TPSA) is 49.4 Å². The van der Waals surface area contributed by atoms with E-state index in [1.165, 1.54) is 29.2 Å². The fourth-order valence-corrected chi connectivity index (χ4v) is 3.11. The van der Waals surface area contributed by atoms with E-state index in [9.17, 15) is 14.0 Å². The Morgan fingerprint density at radius 2 is 1.80 bits per heavy atom. The average Bonchev–Trinajstić information content (AvgIpc) is 2.81. The summed E-state index contributed by atoms with van der Waals surface area (Å²) in [5, 5.41) is 3.06. The van der Waals surface area contributed by atoms with Crippen molar-refractivity contribution in [3.05, 3.63) is 70.1 Å². The molecule has 1 aliphatic heterocycles. The molecule has 0 fully saturated rings. The maximum atomic E-state index is 13.2. The number of hydrogen-bond donors (Lipinski definition) is 1. The summed E-state index contributed by atoms with van der Waals surface area (Å²) in [6, 6.07) is 12.9. The van der Waals surface area contributed by atoms with Crippen LogP contribution in [0.1, 0.15) is 18.9 Å². The molecule has 1 heterocycles. The predicted molar refractivity (Wildman–Crippen MR) is 98.1 cm³/mol. The number of nitrogens with zero attached hydrogens (tertiary/aromatic N) is 1. The fourth-order valence-electron chi connectivity index (χ4n) is 2.71. The molecule has 1 N–H and O–H groups in total. The molecule has 0 unspecified atom stereocenters. The highest BCUT2D eigenvalue weighted by Crippen LogP contribution is 2.31. The normalized spacial score (nSPS) is 14.4. The van der Waals surface area contributed by atoms with E-state index in [4.69, 9.17) is 0 Å². The van der Waals surface area contributed by atoms with Crippen LogP contribution in [-0.4, -0.2) is 23.3 Å². The van der Waals surface area contributed by atoms with Crippen molar-refractivity contribution in [2.75, 3.05) is 11.9 Å². The summed E-state index contributed by atoms with van der Waals surface area (Å²) in [6.07, 6.45) is 0.665.